The summed E-state index contributed by atoms with van der Waals surface area (Å²) in [5.74, 6) is 1.84. The second kappa shape index (κ2) is 7.54. The van der Waals surface area contributed by atoms with Crippen molar-refractivity contribution in [3.8, 4) is 5.75 Å². The number of hydrogen-bond donors (Lipinski definition) is 1. The Kier molecular flexibility index (Phi) is 5.71. The van der Waals surface area contributed by atoms with E-state index in [1.54, 1.807) is 0 Å². The molecule has 1 aromatic carbocycles. The first-order valence-corrected chi connectivity index (χ1v) is 7.74. The fraction of sp³-hybridized carbons (Fsp3) is 0.647. The lowest BCUT2D eigenvalue weighted by Gasteiger charge is -2.28. The predicted octanol–water partition coefficient (Wildman–Crippen LogP) is 4.14. The molecule has 0 unspecified atom stereocenters. The van der Waals surface area contributed by atoms with Gasteiger partial charge >= 0.3 is 0 Å². The number of rotatable bonds is 6. The third-order valence-corrected chi connectivity index (χ3v) is 4.22. The molecule has 1 aliphatic carbocycles. The van der Waals surface area contributed by atoms with E-state index < -0.39 is 0 Å². The lowest BCUT2D eigenvalue weighted by molar-refractivity contribution is 0.280. The summed E-state index contributed by atoms with van der Waals surface area (Å²) in [5.41, 5.74) is 1.34. The summed E-state index contributed by atoms with van der Waals surface area (Å²) in [7, 11) is 0. The minimum absolute atomic E-state index is 0.631. The Bertz CT molecular complexity index is 354. The van der Waals surface area contributed by atoms with E-state index in [4.69, 9.17) is 4.74 Å². The Morgan fingerprint density at radius 2 is 1.84 bits per heavy atom. The Labute approximate surface area is 117 Å². The van der Waals surface area contributed by atoms with Gasteiger partial charge in [-0.05, 0) is 50.3 Å². The molecule has 0 heterocycles. The largest absolute Gasteiger partial charge is 0.494 e. The summed E-state index contributed by atoms with van der Waals surface area (Å²) >= 11 is 0. The molecule has 2 heteroatoms. The van der Waals surface area contributed by atoms with Crippen LogP contribution >= 0.6 is 0 Å². The molecule has 1 aromatic rings. The minimum Gasteiger partial charge on any atom is -0.494 e. The van der Waals surface area contributed by atoms with Crippen LogP contribution in [0.25, 0.3) is 0 Å². The molecule has 0 radical (unpaired) electrons. The molecule has 1 N–H and O–H groups in total. The Morgan fingerprint density at radius 1 is 1.16 bits per heavy atom. The molecule has 0 amide bonds. The maximum Gasteiger partial charge on any atom is 0.119 e. The fourth-order valence-corrected chi connectivity index (χ4v) is 2.95. The van der Waals surface area contributed by atoms with E-state index in [-0.39, 0.29) is 0 Å². The van der Waals surface area contributed by atoms with Crippen LogP contribution in [0.4, 0.5) is 0 Å². The smallest absolute Gasteiger partial charge is 0.119 e. The van der Waals surface area contributed by atoms with Gasteiger partial charge < -0.3 is 10.1 Å². The highest BCUT2D eigenvalue weighted by atomic mass is 16.5. The lowest BCUT2D eigenvalue weighted by atomic mass is 9.84. The standard InChI is InChI=1S/C17H27NO/c1-3-19-17-11-9-15(10-12-17)13-18-14(2)16-7-5-4-6-8-16/h9-12,14,16,18H,3-8,13H2,1-2H3/t14-/m1/s1. The highest BCUT2D eigenvalue weighted by molar-refractivity contribution is 5.27. The summed E-state index contributed by atoms with van der Waals surface area (Å²) in [6, 6.07) is 9.07. The highest BCUT2D eigenvalue weighted by Gasteiger charge is 2.19. The molecule has 1 saturated carbocycles. The third-order valence-electron chi connectivity index (χ3n) is 4.22. The van der Waals surface area contributed by atoms with Crippen LogP contribution in [0.2, 0.25) is 0 Å². The molecule has 106 valence electrons. The van der Waals surface area contributed by atoms with Crippen molar-refractivity contribution in [3.63, 3.8) is 0 Å². The van der Waals surface area contributed by atoms with Crippen molar-refractivity contribution in [2.24, 2.45) is 5.92 Å². The van der Waals surface area contributed by atoms with Crippen molar-refractivity contribution in [1.82, 2.24) is 5.32 Å². The van der Waals surface area contributed by atoms with E-state index in [2.05, 4.69) is 36.5 Å². The van der Waals surface area contributed by atoms with Gasteiger partial charge in [-0.1, -0.05) is 31.4 Å². The second-order valence-electron chi connectivity index (χ2n) is 5.64. The molecule has 19 heavy (non-hydrogen) atoms. The van der Waals surface area contributed by atoms with Crippen LogP contribution in [-0.2, 0) is 6.54 Å². The van der Waals surface area contributed by atoms with Gasteiger partial charge in [-0.2, -0.15) is 0 Å². The Balaban J connectivity index is 1.77. The van der Waals surface area contributed by atoms with Gasteiger partial charge in [-0.3, -0.25) is 0 Å². The van der Waals surface area contributed by atoms with Crippen LogP contribution in [0.15, 0.2) is 24.3 Å². The summed E-state index contributed by atoms with van der Waals surface area (Å²) in [4.78, 5) is 0. The lowest BCUT2D eigenvalue weighted by Crippen LogP contribution is -2.34. The maximum atomic E-state index is 5.46. The number of hydrogen-bond acceptors (Lipinski definition) is 2. The van der Waals surface area contributed by atoms with Crippen molar-refractivity contribution < 1.29 is 4.74 Å². The summed E-state index contributed by atoms with van der Waals surface area (Å²) in [6.07, 6.45) is 7.07. The Morgan fingerprint density at radius 3 is 2.47 bits per heavy atom. The van der Waals surface area contributed by atoms with Crippen LogP contribution in [0, 0.1) is 5.92 Å². The van der Waals surface area contributed by atoms with Gasteiger partial charge in [0.05, 0.1) is 6.61 Å². The highest BCUT2D eigenvalue weighted by Crippen LogP contribution is 2.26. The van der Waals surface area contributed by atoms with E-state index in [0.717, 1.165) is 24.8 Å². The zero-order chi connectivity index (χ0) is 13.5. The first-order chi connectivity index (χ1) is 9.29. The molecule has 0 spiro atoms. The molecule has 2 nitrogen and oxygen atoms in total. The van der Waals surface area contributed by atoms with Gasteiger partial charge in [0.2, 0.25) is 0 Å². The first-order valence-electron chi connectivity index (χ1n) is 7.74. The molecule has 2 rings (SSSR count). The molecule has 0 bridgehead atoms. The molecular formula is C17H27NO. The monoisotopic (exact) mass is 261 g/mol. The molecule has 0 aromatic heterocycles. The average Bonchev–Trinajstić information content (AvgIpc) is 2.47. The maximum absolute atomic E-state index is 5.46. The molecular weight excluding hydrogens is 234 g/mol. The number of ether oxygens (including phenoxy) is 1. The minimum atomic E-state index is 0.631. The van der Waals surface area contributed by atoms with Crippen molar-refractivity contribution in [2.45, 2.75) is 58.5 Å². The van der Waals surface area contributed by atoms with E-state index in [0.29, 0.717) is 6.04 Å². The molecule has 1 aliphatic rings. The summed E-state index contributed by atoms with van der Waals surface area (Å²) < 4.78 is 5.46. The fourth-order valence-electron chi connectivity index (χ4n) is 2.95. The predicted molar refractivity (Wildman–Crippen MR) is 80.5 cm³/mol. The molecule has 1 atom stereocenters. The molecule has 1 fully saturated rings. The third kappa shape index (κ3) is 4.54. The van der Waals surface area contributed by atoms with E-state index in [1.165, 1.54) is 37.7 Å². The van der Waals surface area contributed by atoms with Crippen LogP contribution in [0.1, 0.15) is 51.5 Å². The zero-order valence-electron chi connectivity index (χ0n) is 12.3. The van der Waals surface area contributed by atoms with Crippen molar-refractivity contribution in [2.75, 3.05) is 6.61 Å². The Hall–Kier alpha value is -1.02. The quantitative estimate of drug-likeness (QED) is 0.831. The molecule has 0 saturated heterocycles. The number of benzene rings is 1. The number of nitrogens with one attached hydrogen (secondary N) is 1. The van der Waals surface area contributed by atoms with E-state index >= 15 is 0 Å². The van der Waals surface area contributed by atoms with Crippen LogP contribution in [-0.4, -0.2) is 12.6 Å². The van der Waals surface area contributed by atoms with Gasteiger partial charge in [-0.15, -0.1) is 0 Å². The topological polar surface area (TPSA) is 21.3 Å². The second-order valence-corrected chi connectivity index (χ2v) is 5.64. The van der Waals surface area contributed by atoms with Gasteiger partial charge in [0.25, 0.3) is 0 Å². The van der Waals surface area contributed by atoms with Crippen LogP contribution < -0.4 is 10.1 Å². The summed E-state index contributed by atoms with van der Waals surface area (Å²) in [5, 5.41) is 3.68. The average molecular weight is 261 g/mol. The van der Waals surface area contributed by atoms with Crippen molar-refractivity contribution >= 4 is 0 Å². The van der Waals surface area contributed by atoms with Crippen LogP contribution in [0.3, 0.4) is 0 Å². The van der Waals surface area contributed by atoms with Crippen LogP contribution in [0.5, 0.6) is 5.75 Å². The molecule has 0 aliphatic heterocycles. The van der Waals surface area contributed by atoms with Gasteiger partial charge in [0.1, 0.15) is 5.75 Å². The first kappa shape index (κ1) is 14.4. The van der Waals surface area contributed by atoms with Gasteiger partial charge in [0.15, 0.2) is 0 Å². The SMILES string of the molecule is CCOc1ccc(CN[C@H](C)C2CCCCC2)cc1. The summed E-state index contributed by atoms with van der Waals surface area (Å²) in [6.45, 7) is 6.05. The zero-order valence-corrected chi connectivity index (χ0v) is 12.3. The van der Waals surface area contributed by atoms with E-state index in [9.17, 15) is 0 Å². The van der Waals surface area contributed by atoms with E-state index in [1.807, 2.05) is 6.92 Å². The van der Waals surface area contributed by atoms with Crippen molar-refractivity contribution in [1.29, 1.82) is 0 Å². The normalized spacial score (nSPS) is 18.2. The van der Waals surface area contributed by atoms with Crippen molar-refractivity contribution in [3.05, 3.63) is 29.8 Å². The van der Waals surface area contributed by atoms with Gasteiger partial charge in [0, 0.05) is 12.6 Å². The van der Waals surface area contributed by atoms with Gasteiger partial charge in [-0.25, -0.2) is 0 Å².